The zero-order valence-corrected chi connectivity index (χ0v) is 19.6. The van der Waals surface area contributed by atoms with Gasteiger partial charge in [0.2, 0.25) is 0 Å². The minimum atomic E-state index is -4.59. The minimum absolute atomic E-state index is 0.0589. The van der Waals surface area contributed by atoms with Crippen LogP contribution in [0.2, 0.25) is 5.02 Å². The summed E-state index contributed by atoms with van der Waals surface area (Å²) < 4.78 is 47.0. The molecule has 34 heavy (non-hydrogen) atoms. The van der Waals surface area contributed by atoms with Gasteiger partial charge in [0, 0.05) is 43.0 Å². The van der Waals surface area contributed by atoms with Gasteiger partial charge in [0.1, 0.15) is 17.5 Å². The topological polar surface area (TPSA) is 67.1 Å². The van der Waals surface area contributed by atoms with E-state index in [1.165, 1.54) is 17.0 Å². The fourth-order valence-electron chi connectivity index (χ4n) is 4.56. The van der Waals surface area contributed by atoms with E-state index < -0.39 is 40.4 Å². The highest BCUT2D eigenvalue weighted by molar-refractivity contribution is 6.32. The quantitative estimate of drug-likeness (QED) is 0.428. The van der Waals surface area contributed by atoms with E-state index in [2.05, 4.69) is 4.98 Å². The molecule has 0 spiro atoms. The third-order valence-electron chi connectivity index (χ3n) is 6.09. The molecule has 1 aliphatic rings. The van der Waals surface area contributed by atoms with Crippen LogP contribution in [0.25, 0.3) is 5.65 Å². The number of fused-ring (bicyclic) bond motifs is 1. The molecular formula is C24H25ClF3N3O3. The molecule has 1 fully saturated rings. The summed E-state index contributed by atoms with van der Waals surface area (Å²) in [6.45, 7) is 5.90. The van der Waals surface area contributed by atoms with Crippen LogP contribution in [0, 0.1) is 5.41 Å². The van der Waals surface area contributed by atoms with Crippen LogP contribution in [-0.2, 0) is 6.18 Å². The Bertz CT molecular complexity index is 1200. The maximum Gasteiger partial charge on any atom is 0.417 e. The van der Waals surface area contributed by atoms with Crippen LogP contribution in [0.15, 0.2) is 48.9 Å². The second-order valence-electron chi connectivity index (χ2n) is 9.56. The molecular weight excluding hydrogens is 471 g/mol. The second-order valence-corrected chi connectivity index (χ2v) is 9.94. The normalized spacial score (nSPS) is 19.5. The van der Waals surface area contributed by atoms with Crippen molar-refractivity contribution < 1.29 is 27.8 Å². The molecule has 1 saturated carbocycles. The summed E-state index contributed by atoms with van der Waals surface area (Å²) in [5.41, 5.74) is 0.0437. The van der Waals surface area contributed by atoms with E-state index in [9.17, 15) is 23.1 Å². The van der Waals surface area contributed by atoms with Crippen LogP contribution >= 0.6 is 11.6 Å². The first-order valence-corrected chi connectivity index (χ1v) is 11.2. The van der Waals surface area contributed by atoms with Crippen molar-refractivity contribution >= 4 is 23.3 Å². The van der Waals surface area contributed by atoms with E-state index in [-0.39, 0.29) is 11.8 Å². The van der Waals surface area contributed by atoms with Gasteiger partial charge in [0.15, 0.2) is 0 Å². The average Bonchev–Trinajstić information content (AvgIpc) is 3.17. The zero-order valence-electron chi connectivity index (χ0n) is 18.9. The molecule has 1 unspecified atom stereocenters. The first-order chi connectivity index (χ1) is 15.9. The van der Waals surface area contributed by atoms with Crippen LogP contribution in [-0.4, -0.2) is 37.6 Å². The average molecular weight is 496 g/mol. The number of pyridine rings is 1. The van der Waals surface area contributed by atoms with E-state index >= 15 is 0 Å². The van der Waals surface area contributed by atoms with Crippen molar-refractivity contribution in [2.45, 2.75) is 58.0 Å². The molecule has 0 aliphatic heterocycles. The van der Waals surface area contributed by atoms with Crippen molar-refractivity contribution in [2.24, 2.45) is 5.41 Å². The Hall–Kier alpha value is -2.94. The number of carboxylic acid groups (broad SMARTS) is 1. The molecule has 3 aromatic rings. The summed E-state index contributed by atoms with van der Waals surface area (Å²) in [6, 6.07) is 6.39. The Morgan fingerprint density at radius 3 is 2.53 bits per heavy atom. The molecule has 2 heterocycles. The predicted octanol–water partition coefficient (Wildman–Crippen LogP) is 6.68. The molecule has 1 atom stereocenters. The fourth-order valence-corrected chi connectivity index (χ4v) is 4.83. The SMILES string of the molecule is CC(C)(C)C(c1cccn2ccnc12)N(C(=O)O)[C@H]1C[C@H](Oc2cccc(C(F)(F)F)c2Cl)C1. The van der Waals surface area contributed by atoms with Gasteiger partial charge in [-0.1, -0.05) is 44.5 Å². The number of carbonyl (C=O) groups is 1. The van der Waals surface area contributed by atoms with Crippen molar-refractivity contribution in [1.82, 2.24) is 14.3 Å². The highest BCUT2D eigenvalue weighted by atomic mass is 35.5. The molecule has 2 aromatic heterocycles. The summed E-state index contributed by atoms with van der Waals surface area (Å²) in [7, 11) is 0. The molecule has 4 rings (SSSR count). The zero-order chi connectivity index (χ0) is 24.8. The van der Waals surface area contributed by atoms with Crippen LogP contribution in [0.3, 0.4) is 0 Å². The number of nitrogens with zero attached hydrogens (tertiary/aromatic N) is 3. The maximum absolute atomic E-state index is 13.1. The van der Waals surface area contributed by atoms with Gasteiger partial charge in [-0.2, -0.15) is 13.2 Å². The molecule has 1 aromatic carbocycles. The summed E-state index contributed by atoms with van der Waals surface area (Å²) in [4.78, 5) is 18.3. The van der Waals surface area contributed by atoms with E-state index in [0.717, 1.165) is 11.6 Å². The van der Waals surface area contributed by atoms with E-state index in [1.807, 2.05) is 43.5 Å². The summed E-state index contributed by atoms with van der Waals surface area (Å²) in [5, 5.41) is 9.69. The standard InChI is InChI=1S/C24H25ClF3N3O3/c1-23(2,3)20(16-6-5-10-30-11-9-29-21(16)30)31(22(32)33)14-12-15(13-14)34-18-8-4-7-17(19(18)25)24(26,27)28/h4-11,14-15,20H,12-13H2,1-3H3,(H,32,33)/t14-,15-,20?. The summed E-state index contributed by atoms with van der Waals surface area (Å²) >= 11 is 5.94. The minimum Gasteiger partial charge on any atom is -0.489 e. The lowest BCUT2D eigenvalue weighted by molar-refractivity contribution is -0.137. The van der Waals surface area contributed by atoms with Crippen molar-refractivity contribution in [2.75, 3.05) is 0 Å². The van der Waals surface area contributed by atoms with Crippen LogP contribution < -0.4 is 4.74 Å². The van der Waals surface area contributed by atoms with Gasteiger partial charge in [-0.05, 0) is 23.6 Å². The first kappa shape index (κ1) is 24.2. The lowest BCUT2D eigenvalue weighted by atomic mass is 9.78. The second kappa shape index (κ2) is 8.69. The van der Waals surface area contributed by atoms with Crippen molar-refractivity contribution in [3.63, 3.8) is 0 Å². The van der Waals surface area contributed by atoms with Gasteiger partial charge in [-0.3, -0.25) is 4.90 Å². The molecule has 1 amide bonds. The number of aromatic nitrogens is 2. The number of hydrogen-bond acceptors (Lipinski definition) is 3. The largest absolute Gasteiger partial charge is 0.489 e. The number of imidazole rings is 1. The Balaban J connectivity index is 1.58. The van der Waals surface area contributed by atoms with Gasteiger partial charge in [0.25, 0.3) is 0 Å². The molecule has 0 saturated heterocycles. The Labute approximate surface area is 199 Å². The fraction of sp³-hybridized carbons (Fsp3) is 0.417. The smallest absolute Gasteiger partial charge is 0.417 e. The number of rotatable bonds is 5. The highest BCUT2D eigenvalue weighted by Gasteiger charge is 2.46. The Kier molecular flexibility index (Phi) is 6.18. The van der Waals surface area contributed by atoms with Gasteiger partial charge < -0.3 is 14.2 Å². The molecule has 6 nitrogen and oxygen atoms in total. The van der Waals surface area contributed by atoms with Crippen molar-refractivity contribution in [3.05, 3.63) is 65.1 Å². The number of alkyl halides is 3. The van der Waals surface area contributed by atoms with E-state index in [0.29, 0.717) is 18.5 Å². The van der Waals surface area contributed by atoms with Gasteiger partial charge in [0.05, 0.1) is 16.6 Å². The molecule has 0 radical (unpaired) electrons. The van der Waals surface area contributed by atoms with Gasteiger partial charge >= 0.3 is 12.3 Å². The number of hydrogen-bond donors (Lipinski definition) is 1. The molecule has 10 heteroatoms. The Morgan fingerprint density at radius 2 is 1.91 bits per heavy atom. The van der Waals surface area contributed by atoms with Crippen LogP contribution in [0.5, 0.6) is 5.75 Å². The third kappa shape index (κ3) is 4.53. The summed E-state index contributed by atoms with van der Waals surface area (Å²) in [5.74, 6) is -0.0589. The van der Waals surface area contributed by atoms with Gasteiger partial charge in [-0.15, -0.1) is 0 Å². The van der Waals surface area contributed by atoms with Crippen LogP contribution in [0.4, 0.5) is 18.0 Å². The van der Waals surface area contributed by atoms with Gasteiger partial charge in [-0.25, -0.2) is 9.78 Å². The number of benzene rings is 1. The number of amides is 1. The van der Waals surface area contributed by atoms with E-state index in [1.54, 1.807) is 12.4 Å². The van der Waals surface area contributed by atoms with Crippen molar-refractivity contribution in [3.8, 4) is 5.75 Å². The molecule has 0 bridgehead atoms. The third-order valence-corrected chi connectivity index (χ3v) is 6.48. The van der Waals surface area contributed by atoms with Crippen molar-refractivity contribution in [1.29, 1.82) is 0 Å². The Morgan fingerprint density at radius 1 is 1.21 bits per heavy atom. The van der Waals surface area contributed by atoms with E-state index in [4.69, 9.17) is 16.3 Å². The molecule has 182 valence electrons. The molecule has 1 N–H and O–H groups in total. The highest BCUT2D eigenvalue weighted by Crippen LogP contribution is 2.45. The summed E-state index contributed by atoms with van der Waals surface area (Å²) in [6.07, 6.45) is -0.128. The number of halogens is 4. The lowest BCUT2D eigenvalue weighted by Crippen LogP contribution is -2.54. The first-order valence-electron chi connectivity index (χ1n) is 10.8. The maximum atomic E-state index is 13.1. The monoisotopic (exact) mass is 495 g/mol. The lowest BCUT2D eigenvalue weighted by Gasteiger charge is -2.48. The molecule has 1 aliphatic carbocycles. The number of ether oxygens (including phenoxy) is 1. The predicted molar refractivity (Wildman–Crippen MR) is 121 cm³/mol. The van der Waals surface area contributed by atoms with Crippen LogP contribution in [0.1, 0.15) is 50.8 Å².